The number of thioether (sulfide) groups is 1. The van der Waals surface area contributed by atoms with E-state index in [1.165, 1.54) is 18.9 Å². The lowest BCUT2D eigenvalue weighted by atomic mass is 9.82. The molecule has 9 heteroatoms. The van der Waals surface area contributed by atoms with Crippen molar-refractivity contribution in [2.24, 2.45) is 0 Å². The lowest BCUT2D eigenvalue weighted by Gasteiger charge is -2.30. The number of para-hydroxylation sites is 3. The number of allylic oxidation sites excluding steroid dienone is 2. The maximum atomic E-state index is 13.7. The molecule has 7 nitrogen and oxygen atoms in total. The van der Waals surface area contributed by atoms with E-state index in [2.05, 4.69) is 22.0 Å². The molecule has 0 spiro atoms. The Balaban J connectivity index is 1.66. The van der Waals surface area contributed by atoms with Crippen LogP contribution < -0.4 is 20.7 Å². The van der Waals surface area contributed by atoms with Crippen molar-refractivity contribution in [3.8, 4) is 11.8 Å². The number of dihydropyridines is 1. The van der Waals surface area contributed by atoms with Crippen LogP contribution in [0, 0.1) is 18.3 Å². The molecule has 0 aliphatic carbocycles. The van der Waals surface area contributed by atoms with E-state index in [1.807, 2.05) is 43.3 Å². The molecule has 2 amide bonds. The second-order valence-corrected chi connectivity index (χ2v) is 10.2. The lowest BCUT2D eigenvalue weighted by molar-refractivity contribution is -0.114. The number of methoxy groups -OCH3 is 1. The van der Waals surface area contributed by atoms with Crippen molar-refractivity contribution < 1.29 is 14.3 Å². The van der Waals surface area contributed by atoms with Gasteiger partial charge in [-0.15, -0.1) is 0 Å². The van der Waals surface area contributed by atoms with Crippen LogP contribution in [0.25, 0.3) is 0 Å². The van der Waals surface area contributed by atoms with Crippen LogP contribution in [0.3, 0.4) is 0 Å². The molecule has 0 saturated carbocycles. The zero-order valence-electron chi connectivity index (χ0n) is 21.7. The van der Waals surface area contributed by atoms with Crippen molar-refractivity contribution in [1.82, 2.24) is 5.32 Å². The molecule has 0 aromatic heterocycles. The SMILES string of the molecule is COc1ccccc1NC(=O)C1=C(C)NC(SCC(=O)Nc2ccccc2C)=C(C#N)C1c1ccccc1Cl. The number of nitrogens with zero attached hydrogens (tertiary/aromatic N) is 1. The minimum atomic E-state index is -0.749. The summed E-state index contributed by atoms with van der Waals surface area (Å²) in [4.78, 5) is 26.5. The van der Waals surface area contributed by atoms with Crippen LogP contribution in [0.15, 0.2) is 94.7 Å². The highest BCUT2D eigenvalue weighted by atomic mass is 35.5. The molecule has 1 aliphatic heterocycles. The fourth-order valence-corrected chi connectivity index (χ4v) is 5.46. The number of hydrogen-bond donors (Lipinski definition) is 3. The largest absolute Gasteiger partial charge is 0.495 e. The fourth-order valence-electron chi connectivity index (χ4n) is 4.32. The average molecular weight is 559 g/mol. The Morgan fingerprint density at radius 1 is 1.00 bits per heavy atom. The average Bonchev–Trinajstić information content (AvgIpc) is 2.93. The first-order valence-corrected chi connectivity index (χ1v) is 13.5. The molecule has 0 radical (unpaired) electrons. The molecule has 198 valence electrons. The summed E-state index contributed by atoms with van der Waals surface area (Å²) in [5.74, 6) is -0.789. The summed E-state index contributed by atoms with van der Waals surface area (Å²) < 4.78 is 5.38. The first kappa shape index (κ1) is 27.8. The predicted octanol–water partition coefficient (Wildman–Crippen LogP) is 6.36. The van der Waals surface area contributed by atoms with Crippen LogP contribution in [0.4, 0.5) is 11.4 Å². The van der Waals surface area contributed by atoms with Crippen molar-refractivity contribution in [2.45, 2.75) is 19.8 Å². The molecule has 3 aromatic carbocycles. The second kappa shape index (κ2) is 12.6. The van der Waals surface area contributed by atoms with Gasteiger partial charge in [-0.05, 0) is 49.2 Å². The Morgan fingerprint density at radius 2 is 1.67 bits per heavy atom. The van der Waals surface area contributed by atoms with E-state index in [9.17, 15) is 14.9 Å². The van der Waals surface area contributed by atoms with E-state index in [0.717, 1.165) is 11.3 Å². The highest BCUT2D eigenvalue weighted by Crippen LogP contribution is 2.43. The highest BCUT2D eigenvalue weighted by molar-refractivity contribution is 8.03. The summed E-state index contributed by atoms with van der Waals surface area (Å²) in [5.41, 5.74) is 3.99. The zero-order chi connectivity index (χ0) is 27.9. The third-order valence-corrected chi connectivity index (χ3v) is 7.59. The van der Waals surface area contributed by atoms with Gasteiger partial charge in [-0.2, -0.15) is 5.26 Å². The predicted molar refractivity (Wildman–Crippen MR) is 157 cm³/mol. The molecule has 39 heavy (non-hydrogen) atoms. The quantitative estimate of drug-likeness (QED) is 0.297. The maximum Gasteiger partial charge on any atom is 0.254 e. The van der Waals surface area contributed by atoms with Gasteiger partial charge in [0.25, 0.3) is 5.91 Å². The van der Waals surface area contributed by atoms with Crippen LogP contribution in [-0.2, 0) is 9.59 Å². The van der Waals surface area contributed by atoms with E-state index in [4.69, 9.17) is 16.3 Å². The Hall–Kier alpha value is -4.19. The molecule has 1 atom stereocenters. The number of halogens is 1. The Labute approximate surface area is 236 Å². The van der Waals surface area contributed by atoms with Gasteiger partial charge < -0.3 is 20.7 Å². The van der Waals surface area contributed by atoms with Crippen molar-refractivity contribution in [2.75, 3.05) is 23.5 Å². The minimum Gasteiger partial charge on any atom is -0.495 e. The van der Waals surface area contributed by atoms with Crippen molar-refractivity contribution in [3.05, 3.63) is 111 Å². The monoisotopic (exact) mass is 558 g/mol. The number of nitriles is 1. The number of hydrogen-bond acceptors (Lipinski definition) is 6. The van der Waals surface area contributed by atoms with Crippen molar-refractivity contribution >= 4 is 46.6 Å². The first-order valence-electron chi connectivity index (χ1n) is 12.1. The Kier molecular flexibility index (Phi) is 8.97. The summed E-state index contributed by atoms with van der Waals surface area (Å²) >= 11 is 7.79. The summed E-state index contributed by atoms with van der Waals surface area (Å²) in [5, 5.41) is 20.2. The van der Waals surface area contributed by atoms with E-state index in [1.54, 1.807) is 43.3 Å². The van der Waals surface area contributed by atoms with Crippen LogP contribution >= 0.6 is 23.4 Å². The Bertz CT molecular complexity index is 1530. The van der Waals surface area contributed by atoms with Crippen molar-refractivity contribution in [1.29, 1.82) is 5.26 Å². The van der Waals surface area contributed by atoms with Gasteiger partial charge in [0.15, 0.2) is 0 Å². The molecule has 3 aromatic rings. The van der Waals surface area contributed by atoms with Gasteiger partial charge in [-0.3, -0.25) is 9.59 Å². The molecular formula is C30H27ClN4O3S. The number of carbonyl (C=O) groups is 2. The van der Waals surface area contributed by atoms with Crippen LogP contribution in [-0.4, -0.2) is 24.7 Å². The van der Waals surface area contributed by atoms with Crippen molar-refractivity contribution in [3.63, 3.8) is 0 Å². The summed E-state index contributed by atoms with van der Waals surface area (Å²) in [7, 11) is 1.53. The molecule has 4 rings (SSSR count). The minimum absolute atomic E-state index is 0.0626. The van der Waals surface area contributed by atoms with Gasteiger partial charge in [-0.25, -0.2) is 0 Å². The molecule has 0 fully saturated rings. The smallest absolute Gasteiger partial charge is 0.254 e. The fraction of sp³-hybridized carbons (Fsp3) is 0.167. The molecular weight excluding hydrogens is 532 g/mol. The second-order valence-electron chi connectivity index (χ2n) is 8.78. The number of nitrogens with one attached hydrogen (secondary N) is 3. The van der Waals surface area contributed by atoms with E-state index in [0.29, 0.717) is 43.9 Å². The third kappa shape index (κ3) is 6.28. The lowest BCUT2D eigenvalue weighted by Crippen LogP contribution is -2.31. The summed E-state index contributed by atoms with van der Waals surface area (Å²) in [6.07, 6.45) is 0. The van der Waals surface area contributed by atoms with E-state index < -0.39 is 11.8 Å². The molecule has 1 heterocycles. The number of aryl methyl sites for hydroxylation is 1. The molecule has 1 aliphatic rings. The van der Waals surface area contributed by atoms with Gasteiger partial charge in [0.2, 0.25) is 5.91 Å². The molecule has 0 saturated heterocycles. The standard InChI is InChI=1S/C30H27ClN4O3S/c1-18-10-4-7-13-23(18)34-26(36)17-39-30-21(16-32)28(20-11-5-6-12-22(20)31)27(19(2)33-30)29(37)35-24-14-8-9-15-25(24)38-3/h4-15,28,33H,17H2,1-3H3,(H,34,36)(H,35,37). The third-order valence-electron chi connectivity index (χ3n) is 6.23. The number of amides is 2. The first-order chi connectivity index (χ1) is 18.8. The normalized spacial score (nSPS) is 14.8. The van der Waals surface area contributed by atoms with Crippen LogP contribution in [0.1, 0.15) is 24.0 Å². The summed E-state index contributed by atoms with van der Waals surface area (Å²) in [6, 6.07) is 24.0. The molecule has 3 N–H and O–H groups in total. The Morgan fingerprint density at radius 3 is 2.36 bits per heavy atom. The van der Waals surface area contributed by atoms with Gasteiger partial charge in [0.1, 0.15) is 5.75 Å². The topological polar surface area (TPSA) is 103 Å². The molecule has 1 unspecified atom stereocenters. The maximum absolute atomic E-state index is 13.7. The van der Waals surface area contributed by atoms with Gasteiger partial charge >= 0.3 is 0 Å². The van der Waals surface area contributed by atoms with Gasteiger partial charge in [0.05, 0.1) is 41.1 Å². The summed E-state index contributed by atoms with van der Waals surface area (Å²) in [6.45, 7) is 3.69. The molecule has 0 bridgehead atoms. The zero-order valence-corrected chi connectivity index (χ0v) is 23.2. The highest BCUT2D eigenvalue weighted by Gasteiger charge is 2.36. The number of ether oxygens (including phenoxy) is 1. The number of benzene rings is 3. The van der Waals surface area contributed by atoms with Gasteiger partial charge in [0, 0.05) is 22.0 Å². The number of carbonyl (C=O) groups excluding carboxylic acids is 2. The van der Waals surface area contributed by atoms with E-state index >= 15 is 0 Å². The van der Waals surface area contributed by atoms with Gasteiger partial charge in [-0.1, -0.05) is 71.9 Å². The van der Waals surface area contributed by atoms with E-state index in [-0.39, 0.29) is 11.7 Å². The van der Waals surface area contributed by atoms with Crippen LogP contribution in [0.5, 0.6) is 5.75 Å². The van der Waals surface area contributed by atoms with Crippen LogP contribution in [0.2, 0.25) is 5.02 Å². The number of anilines is 2. The number of rotatable bonds is 8.